The molecule has 0 aromatic carbocycles. The van der Waals surface area contributed by atoms with E-state index in [2.05, 4.69) is 21.0 Å². The van der Waals surface area contributed by atoms with Crippen LogP contribution in [0.25, 0.3) is 0 Å². The van der Waals surface area contributed by atoms with Gasteiger partial charge in [-0.1, -0.05) is 96.8 Å². The fourth-order valence-corrected chi connectivity index (χ4v) is 3.03. The lowest BCUT2D eigenvalue weighted by Crippen LogP contribution is -3.05. The van der Waals surface area contributed by atoms with E-state index in [-0.39, 0.29) is 0 Å². The zero-order chi connectivity index (χ0) is 20.1. The summed E-state index contributed by atoms with van der Waals surface area (Å²) in [5.41, 5.74) is 0. The van der Waals surface area contributed by atoms with Crippen LogP contribution in [-0.4, -0.2) is 27.9 Å². The molecule has 0 radical (unpaired) electrons. The summed E-state index contributed by atoms with van der Waals surface area (Å²) >= 11 is 0. The Morgan fingerprint density at radius 1 is 0.500 bits per heavy atom. The van der Waals surface area contributed by atoms with Crippen molar-refractivity contribution in [3.63, 3.8) is 0 Å². The summed E-state index contributed by atoms with van der Waals surface area (Å²) in [5, 5.41) is 0. The van der Waals surface area contributed by atoms with Gasteiger partial charge in [-0.2, -0.15) is 0 Å². The van der Waals surface area contributed by atoms with Gasteiger partial charge in [-0.25, -0.2) is 0 Å². The molecule has 1 nitrogen and oxygen atoms in total. The van der Waals surface area contributed by atoms with Crippen molar-refractivity contribution in [1.82, 2.24) is 0 Å². The lowest BCUT2D eigenvalue weighted by atomic mass is 10.0. The third-order valence-corrected chi connectivity index (χ3v) is 4.53. The molecular formula is C20H44BF4N. The van der Waals surface area contributed by atoms with Gasteiger partial charge in [0.2, 0.25) is 0 Å². The van der Waals surface area contributed by atoms with Crippen LogP contribution in [0.4, 0.5) is 17.3 Å². The largest absolute Gasteiger partial charge is 0.673 e. The first-order valence-electron chi connectivity index (χ1n) is 10.9. The second-order valence-electron chi connectivity index (χ2n) is 7.76. The highest BCUT2D eigenvalue weighted by molar-refractivity contribution is 6.50. The van der Waals surface area contributed by atoms with Crippen LogP contribution in [0.1, 0.15) is 110 Å². The molecule has 0 bridgehead atoms. The Balaban J connectivity index is 0. The summed E-state index contributed by atoms with van der Waals surface area (Å²) in [6, 6.07) is 0. The summed E-state index contributed by atoms with van der Waals surface area (Å²) in [4.78, 5) is 1.60. The van der Waals surface area contributed by atoms with Gasteiger partial charge in [0.25, 0.3) is 0 Å². The number of rotatable bonds is 17. The molecule has 0 aliphatic heterocycles. The van der Waals surface area contributed by atoms with E-state index in [1.165, 1.54) is 109 Å². The van der Waals surface area contributed by atoms with Crippen molar-refractivity contribution in [2.45, 2.75) is 110 Å². The normalized spacial score (nSPS) is 11.5. The molecule has 0 fully saturated rings. The van der Waals surface area contributed by atoms with Gasteiger partial charge in [-0.15, -0.1) is 0 Å². The average Bonchev–Trinajstić information content (AvgIpc) is 2.52. The minimum Gasteiger partial charge on any atom is -0.418 e. The Labute approximate surface area is 160 Å². The van der Waals surface area contributed by atoms with Crippen LogP contribution in [0.15, 0.2) is 0 Å². The van der Waals surface area contributed by atoms with Crippen LogP contribution in [0.3, 0.4) is 0 Å². The van der Waals surface area contributed by atoms with Crippen LogP contribution in [-0.2, 0) is 0 Å². The molecule has 0 aromatic heterocycles. The second-order valence-corrected chi connectivity index (χ2v) is 7.76. The molecule has 0 saturated heterocycles. The maximum Gasteiger partial charge on any atom is 0.673 e. The van der Waals surface area contributed by atoms with Gasteiger partial charge in [-0.05, 0) is 12.8 Å². The first-order valence-corrected chi connectivity index (χ1v) is 10.9. The molecule has 6 heteroatoms. The average molecular weight is 385 g/mol. The number of unbranched alkanes of at least 4 members (excludes halogenated alkanes) is 15. The van der Waals surface area contributed by atoms with E-state index in [1.54, 1.807) is 4.90 Å². The molecule has 1 N–H and O–H groups in total. The summed E-state index contributed by atoms with van der Waals surface area (Å²) < 4.78 is 39.0. The standard InChI is InChI=1S/C20H43N.BF4/c1-4-5-6-7-8-9-10-11-12-13-14-15-16-17-18-19-20-21(2)3;2-1(3,4)5/h4-20H2,1-3H3;/q;-1/p+1. The summed E-state index contributed by atoms with van der Waals surface area (Å²) in [5.74, 6) is 0. The minimum atomic E-state index is -6.00. The molecule has 0 spiro atoms. The predicted molar refractivity (Wildman–Crippen MR) is 107 cm³/mol. The predicted octanol–water partition coefficient (Wildman–Crippen LogP) is 6.69. The van der Waals surface area contributed by atoms with Gasteiger partial charge in [0.15, 0.2) is 0 Å². The molecule has 0 aliphatic rings. The molecule has 160 valence electrons. The zero-order valence-electron chi connectivity index (χ0n) is 17.6. The molecule has 0 atom stereocenters. The molecule has 0 unspecified atom stereocenters. The Hall–Kier alpha value is -0.255. The first-order chi connectivity index (χ1) is 12.3. The monoisotopic (exact) mass is 385 g/mol. The molecule has 0 heterocycles. The van der Waals surface area contributed by atoms with Gasteiger partial charge in [-0.3, -0.25) is 0 Å². The maximum atomic E-state index is 9.75. The van der Waals surface area contributed by atoms with Crippen LogP contribution < -0.4 is 4.90 Å². The SMILES string of the molecule is CCCCCCCCCCCCCCCCCC[NH+](C)C.F[B-](F)(F)F. The van der Waals surface area contributed by atoms with Crippen LogP contribution in [0.5, 0.6) is 0 Å². The Morgan fingerprint density at radius 3 is 0.962 bits per heavy atom. The number of hydrogen-bond donors (Lipinski definition) is 1. The lowest BCUT2D eigenvalue weighted by Gasteiger charge is -2.06. The second kappa shape index (κ2) is 21.0. The van der Waals surface area contributed by atoms with Crippen molar-refractivity contribution >= 4 is 7.25 Å². The first kappa shape index (κ1) is 28.0. The molecule has 0 rings (SSSR count). The molecular weight excluding hydrogens is 341 g/mol. The number of nitrogens with one attached hydrogen (secondary N) is 1. The van der Waals surface area contributed by atoms with E-state index in [9.17, 15) is 17.3 Å². The van der Waals surface area contributed by atoms with E-state index in [1.807, 2.05) is 0 Å². The summed E-state index contributed by atoms with van der Waals surface area (Å²) in [6.07, 6.45) is 23.4. The van der Waals surface area contributed by atoms with Crippen molar-refractivity contribution in [3.8, 4) is 0 Å². The minimum absolute atomic E-state index is 1.35. The van der Waals surface area contributed by atoms with E-state index < -0.39 is 7.25 Å². The van der Waals surface area contributed by atoms with Gasteiger partial charge >= 0.3 is 7.25 Å². The lowest BCUT2D eigenvalue weighted by molar-refractivity contribution is -0.858. The number of halogens is 4. The van der Waals surface area contributed by atoms with E-state index in [0.29, 0.717) is 0 Å². The van der Waals surface area contributed by atoms with Crippen molar-refractivity contribution in [2.75, 3.05) is 20.6 Å². The van der Waals surface area contributed by atoms with E-state index in [0.717, 1.165) is 0 Å². The van der Waals surface area contributed by atoms with Crippen molar-refractivity contribution in [1.29, 1.82) is 0 Å². The van der Waals surface area contributed by atoms with Gasteiger partial charge < -0.3 is 22.2 Å². The quantitative estimate of drug-likeness (QED) is 0.162. The van der Waals surface area contributed by atoms with Crippen molar-refractivity contribution in [3.05, 3.63) is 0 Å². The van der Waals surface area contributed by atoms with E-state index in [4.69, 9.17) is 0 Å². The Kier molecular flexibility index (Phi) is 22.6. The Morgan fingerprint density at radius 2 is 0.731 bits per heavy atom. The third kappa shape index (κ3) is 39.0. The number of hydrogen-bond acceptors (Lipinski definition) is 0. The zero-order valence-corrected chi connectivity index (χ0v) is 17.6. The number of quaternary nitrogens is 1. The fourth-order valence-electron chi connectivity index (χ4n) is 3.03. The summed E-state index contributed by atoms with van der Waals surface area (Å²) in [7, 11) is -1.49. The highest BCUT2D eigenvalue weighted by atomic mass is 19.5. The maximum absolute atomic E-state index is 9.75. The van der Waals surface area contributed by atoms with Crippen LogP contribution >= 0.6 is 0 Å². The van der Waals surface area contributed by atoms with Crippen LogP contribution in [0, 0.1) is 0 Å². The van der Waals surface area contributed by atoms with E-state index >= 15 is 0 Å². The molecule has 26 heavy (non-hydrogen) atoms. The van der Waals surface area contributed by atoms with Crippen molar-refractivity contribution in [2.24, 2.45) is 0 Å². The van der Waals surface area contributed by atoms with Crippen LogP contribution in [0.2, 0.25) is 0 Å². The van der Waals surface area contributed by atoms with Gasteiger partial charge in [0.1, 0.15) is 0 Å². The Bertz CT molecular complexity index is 255. The molecule has 0 aromatic rings. The molecule has 0 saturated carbocycles. The van der Waals surface area contributed by atoms with Gasteiger partial charge in [0.05, 0.1) is 20.6 Å². The molecule has 0 amide bonds. The topological polar surface area (TPSA) is 4.44 Å². The smallest absolute Gasteiger partial charge is 0.418 e. The highest BCUT2D eigenvalue weighted by Gasteiger charge is 2.20. The third-order valence-electron chi connectivity index (χ3n) is 4.53. The fraction of sp³-hybridized carbons (Fsp3) is 1.00. The molecule has 0 aliphatic carbocycles. The van der Waals surface area contributed by atoms with Crippen molar-refractivity contribution < 1.29 is 22.2 Å². The summed E-state index contributed by atoms with van der Waals surface area (Å²) in [6.45, 7) is 3.64. The van der Waals surface area contributed by atoms with Gasteiger partial charge in [0, 0.05) is 0 Å². The highest BCUT2D eigenvalue weighted by Crippen LogP contribution is 2.13.